The molecular weight excluding hydrogens is 246 g/mol. The average molecular weight is 263 g/mol. The van der Waals surface area contributed by atoms with Crippen LogP contribution in [-0.2, 0) is 0 Å². The Balaban J connectivity index is 2.79. The number of aromatic nitrogens is 1. The van der Waals surface area contributed by atoms with Crippen molar-refractivity contribution in [2.45, 2.75) is 19.9 Å². The van der Waals surface area contributed by atoms with Crippen LogP contribution in [0.2, 0.25) is 0 Å². The maximum Gasteiger partial charge on any atom is 0.328 e. The van der Waals surface area contributed by atoms with Crippen molar-refractivity contribution < 1.29 is 4.92 Å². The molecule has 0 bridgehead atoms. The largest absolute Gasteiger partial charge is 0.363 e. The van der Waals surface area contributed by atoms with E-state index in [-0.39, 0.29) is 17.1 Å². The quantitative estimate of drug-likeness (QED) is 0.619. The van der Waals surface area contributed by atoms with E-state index in [4.69, 9.17) is 5.26 Å². The molecule has 0 aliphatic carbocycles. The Bertz CT molecular complexity index is 495. The highest BCUT2D eigenvalue weighted by Crippen LogP contribution is 2.25. The van der Waals surface area contributed by atoms with Crippen molar-refractivity contribution in [1.82, 2.24) is 9.88 Å². The third-order valence-electron chi connectivity index (χ3n) is 2.87. The first-order chi connectivity index (χ1) is 8.97. The number of anilines is 1. The molecule has 0 saturated carbocycles. The van der Waals surface area contributed by atoms with Gasteiger partial charge >= 0.3 is 5.69 Å². The van der Waals surface area contributed by atoms with Crippen molar-refractivity contribution >= 4 is 11.5 Å². The number of nitro groups is 1. The standard InChI is InChI=1S/C12H17N5O2/c1-9(2)16(3)7-6-15-12-11(17(18)19)10(8-13)4-5-14-12/h4-5,9H,6-7H2,1-3H3,(H,14,15). The van der Waals surface area contributed by atoms with Gasteiger partial charge in [-0.3, -0.25) is 10.1 Å². The first-order valence-electron chi connectivity index (χ1n) is 5.95. The molecular formula is C12H17N5O2. The fraction of sp³-hybridized carbons (Fsp3) is 0.500. The van der Waals surface area contributed by atoms with Gasteiger partial charge in [0.2, 0.25) is 5.82 Å². The lowest BCUT2D eigenvalue weighted by Gasteiger charge is -2.20. The van der Waals surface area contributed by atoms with Gasteiger partial charge in [0.15, 0.2) is 0 Å². The first-order valence-corrected chi connectivity index (χ1v) is 5.95. The minimum atomic E-state index is -0.583. The lowest BCUT2D eigenvalue weighted by molar-refractivity contribution is -0.384. The van der Waals surface area contributed by atoms with E-state index in [1.165, 1.54) is 12.3 Å². The Morgan fingerprint density at radius 1 is 1.63 bits per heavy atom. The molecule has 0 aliphatic heterocycles. The fourth-order valence-corrected chi connectivity index (χ4v) is 1.47. The minimum Gasteiger partial charge on any atom is -0.363 e. The number of hydrogen-bond donors (Lipinski definition) is 1. The van der Waals surface area contributed by atoms with Crippen LogP contribution in [-0.4, -0.2) is 41.0 Å². The zero-order valence-corrected chi connectivity index (χ0v) is 11.3. The molecule has 0 aromatic carbocycles. The number of nitrogens with zero attached hydrogens (tertiary/aromatic N) is 4. The normalized spacial score (nSPS) is 10.5. The summed E-state index contributed by atoms with van der Waals surface area (Å²) >= 11 is 0. The highest BCUT2D eigenvalue weighted by molar-refractivity contribution is 5.63. The third kappa shape index (κ3) is 3.89. The molecule has 1 rings (SSSR count). The van der Waals surface area contributed by atoms with Gasteiger partial charge in [0.05, 0.1) is 4.92 Å². The highest BCUT2D eigenvalue weighted by atomic mass is 16.6. The van der Waals surface area contributed by atoms with E-state index in [1.807, 2.05) is 7.05 Å². The van der Waals surface area contributed by atoms with Crippen molar-refractivity contribution in [1.29, 1.82) is 5.26 Å². The summed E-state index contributed by atoms with van der Waals surface area (Å²) in [4.78, 5) is 16.4. The minimum absolute atomic E-state index is 0.0136. The smallest absolute Gasteiger partial charge is 0.328 e. The van der Waals surface area contributed by atoms with E-state index >= 15 is 0 Å². The summed E-state index contributed by atoms with van der Waals surface area (Å²) in [7, 11) is 1.97. The van der Waals surface area contributed by atoms with Crippen molar-refractivity contribution in [2.24, 2.45) is 0 Å². The van der Waals surface area contributed by atoms with E-state index in [9.17, 15) is 10.1 Å². The second-order valence-corrected chi connectivity index (χ2v) is 4.43. The Morgan fingerprint density at radius 3 is 2.84 bits per heavy atom. The van der Waals surface area contributed by atoms with Crippen LogP contribution in [0.5, 0.6) is 0 Å². The first kappa shape index (κ1) is 14.9. The lowest BCUT2D eigenvalue weighted by Crippen LogP contribution is -2.31. The molecule has 0 aliphatic rings. The molecule has 1 N–H and O–H groups in total. The van der Waals surface area contributed by atoms with E-state index in [0.717, 1.165) is 6.54 Å². The molecule has 7 heteroatoms. The number of hydrogen-bond acceptors (Lipinski definition) is 6. The zero-order valence-electron chi connectivity index (χ0n) is 11.3. The van der Waals surface area contributed by atoms with Gasteiger partial charge in [0, 0.05) is 25.3 Å². The molecule has 1 aromatic rings. The topological polar surface area (TPSA) is 95.1 Å². The van der Waals surface area contributed by atoms with Gasteiger partial charge in [-0.25, -0.2) is 4.98 Å². The van der Waals surface area contributed by atoms with Crippen molar-refractivity contribution in [3.05, 3.63) is 27.9 Å². The maximum absolute atomic E-state index is 11.0. The van der Waals surface area contributed by atoms with Gasteiger partial charge in [0.25, 0.3) is 0 Å². The molecule has 7 nitrogen and oxygen atoms in total. The molecule has 0 unspecified atom stereocenters. The fourth-order valence-electron chi connectivity index (χ4n) is 1.47. The molecule has 0 saturated heterocycles. The second kappa shape index (κ2) is 6.66. The maximum atomic E-state index is 11.0. The van der Waals surface area contributed by atoms with Crippen LogP contribution < -0.4 is 5.32 Å². The van der Waals surface area contributed by atoms with Gasteiger partial charge in [-0.15, -0.1) is 0 Å². The Morgan fingerprint density at radius 2 is 2.32 bits per heavy atom. The molecule has 0 spiro atoms. The van der Waals surface area contributed by atoms with Crippen molar-refractivity contribution in [2.75, 3.05) is 25.5 Å². The summed E-state index contributed by atoms with van der Waals surface area (Å²) in [5, 5.41) is 22.7. The summed E-state index contributed by atoms with van der Waals surface area (Å²) < 4.78 is 0. The summed E-state index contributed by atoms with van der Waals surface area (Å²) in [5.74, 6) is 0.140. The monoisotopic (exact) mass is 263 g/mol. The van der Waals surface area contributed by atoms with Crippen molar-refractivity contribution in [3.8, 4) is 6.07 Å². The van der Waals surface area contributed by atoms with E-state index < -0.39 is 4.92 Å². The number of nitrogens with one attached hydrogen (secondary N) is 1. The van der Waals surface area contributed by atoms with E-state index in [1.54, 1.807) is 6.07 Å². The number of pyridine rings is 1. The van der Waals surface area contributed by atoms with Crippen LogP contribution in [0, 0.1) is 21.4 Å². The molecule has 0 fully saturated rings. The molecule has 102 valence electrons. The third-order valence-corrected chi connectivity index (χ3v) is 2.87. The molecule has 19 heavy (non-hydrogen) atoms. The predicted molar refractivity (Wildman–Crippen MR) is 71.9 cm³/mol. The Labute approximate surface area is 112 Å². The summed E-state index contributed by atoms with van der Waals surface area (Å²) in [6.45, 7) is 5.39. The number of nitriles is 1. The summed E-state index contributed by atoms with van der Waals surface area (Å²) in [5.41, 5.74) is -0.253. The van der Waals surface area contributed by atoms with Crippen LogP contribution in [0.3, 0.4) is 0 Å². The second-order valence-electron chi connectivity index (χ2n) is 4.43. The summed E-state index contributed by atoms with van der Waals surface area (Å²) in [6.07, 6.45) is 1.39. The van der Waals surface area contributed by atoms with Gasteiger partial charge in [-0.2, -0.15) is 5.26 Å². The predicted octanol–water partition coefficient (Wildman–Crippen LogP) is 1.61. The molecule has 1 aromatic heterocycles. The average Bonchev–Trinajstić information content (AvgIpc) is 2.37. The van der Waals surface area contributed by atoms with Crippen LogP contribution in [0.4, 0.5) is 11.5 Å². The van der Waals surface area contributed by atoms with Gasteiger partial charge in [-0.1, -0.05) is 0 Å². The van der Waals surface area contributed by atoms with Crippen molar-refractivity contribution in [3.63, 3.8) is 0 Å². The molecule has 1 heterocycles. The zero-order chi connectivity index (χ0) is 14.4. The van der Waals surface area contributed by atoms with Crippen LogP contribution >= 0.6 is 0 Å². The lowest BCUT2D eigenvalue weighted by atomic mass is 10.2. The Kier molecular flexibility index (Phi) is 5.21. The molecule has 0 amide bonds. The van der Waals surface area contributed by atoms with Crippen LogP contribution in [0.25, 0.3) is 0 Å². The van der Waals surface area contributed by atoms with Gasteiger partial charge < -0.3 is 10.2 Å². The van der Waals surface area contributed by atoms with Crippen LogP contribution in [0.15, 0.2) is 12.3 Å². The van der Waals surface area contributed by atoms with Gasteiger partial charge in [0.1, 0.15) is 11.6 Å². The molecule has 0 radical (unpaired) electrons. The molecule has 0 atom stereocenters. The van der Waals surface area contributed by atoms with Crippen LogP contribution in [0.1, 0.15) is 19.4 Å². The number of rotatable bonds is 6. The van der Waals surface area contributed by atoms with E-state index in [0.29, 0.717) is 12.6 Å². The number of likely N-dealkylation sites (N-methyl/N-ethyl adjacent to an activating group) is 1. The Hall–Kier alpha value is -2.20. The summed E-state index contributed by atoms with van der Waals surface area (Å²) in [6, 6.07) is 3.54. The van der Waals surface area contributed by atoms with Gasteiger partial charge in [-0.05, 0) is 27.0 Å². The van der Waals surface area contributed by atoms with E-state index in [2.05, 4.69) is 29.0 Å². The SMILES string of the molecule is CC(C)N(C)CCNc1nccc(C#N)c1[N+](=O)[O-]. The highest BCUT2D eigenvalue weighted by Gasteiger charge is 2.20.